The number of unbranched alkanes of at least 4 members (excludes halogenated alkanes) is 1. The van der Waals surface area contributed by atoms with Gasteiger partial charge in [-0.2, -0.15) is 0 Å². The summed E-state index contributed by atoms with van der Waals surface area (Å²) >= 11 is 0. The van der Waals surface area contributed by atoms with Gasteiger partial charge in [0.15, 0.2) is 0 Å². The fourth-order valence-corrected chi connectivity index (χ4v) is 1.96. The Morgan fingerprint density at radius 3 is 2.31 bits per heavy atom. The van der Waals surface area contributed by atoms with Gasteiger partial charge in [-0.05, 0) is 13.8 Å². The minimum Gasteiger partial charge on any atom is -0.480 e. The first kappa shape index (κ1) is 23.8. The van der Waals surface area contributed by atoms with Crippen molar-refractivity contribution in [2.24, 2.45) is 5.41 Å². The summed E-state index contributed by atoms with van der Waals surface area (Å²) in [6.07, 6.45) is 3.60. The molecule has 1 rings (SSSR count). The number of hydrogen-bond donors (Lipinski definition) is 2. The number of piperazine rings is 1. The van der Waals surface area contributed by atoms with E-state index in [0.717, 1.165) is 11.0 Å². The Kier molecular flexibility index (Phi) is 10.4. The number of esters is 1. The maximum absolute atomic E-state index is 12.3. The molecule has 1 aliphatic rings. The number of hydrogen-bond acceptors (Lipinski definition) is 6. The lowest BCUT2D eigenvalue weighted by atomic mass is 9.88. The van der Waals surface area contributed by atoms with Gasteiger partial charge in [0.2, 0.25) is 5.78 Å². The molecule has 1 atom stereocenters. The van der Waals surface area contributed by atoms with Crippen LogP contribution in [-0.2, 0) is 23.9 Å². The molecule has 1 saturated heterocycles. The maximum atomic E-state index is 12.3. The van der Waals surface area contributed by atoms with Crippen LogP contribution in [0.25, 0.3) is 0 Å². The number of carboxylic acid groups (broad SMARTS) is 1. The Balaban J connectivity index is 0.00000141. The van der Waals surface area contributed by atoms with Crippen molar-refractivity contribution in [2.75, 3.05) is 26.2 Å². The van der Waals surface area contributed by atoms with Gasteiger partial charge in [0, 0.05) is 25.7 Å². The normalized spacial score (nSPS) is 16.8. The van der Waals surface area contributed by atoms with Crippen molar-refractivity contribution < 1.29 is 29.0 Å². The third kappa shape index (κ3) is 7.35. The van der Waals surface area contributed by atoms with Crippen LogP contribution < -0.4 is 5.32 Å². The number of carbonyl (C=O) groups excluding carboxylic acids is 3. The average molecular weight is 370 g/mol. The van der Waals surface area contributed by atoms with Gasteiger partial charge < -0.3 is 20.1 Å². The van der Waals surface area contributed by atoms with Crippen molar-refractivity contribution >= 4 is 23.6 Å². The van der Waals surface area contributed by atoms with Crippen molar-refractivity contribution in [1.82, 2.24) is 10.2 Å². The highest BCUT2D eigenvalue weighted by atomic mass is 16.5. The van der Waals surface area contributed by atoms with Gasteiger partial charge in [-0.25, -0.2) is 9.59 Å². The Hall–Kier alpha value is -2.22. The zero-order chi connectivity index (χ0) is 20.3. The number of carbonyl (C=O) groups is 4. The molecular weight excluding hydrogens is 340 g/mol. The molecule has 0 aromatic carbocycles. The molecule has 0 aromatic rings. The standard InChI is InChI=1S/C14H20N2O6.C4H10/c1-4-10(17)22-8-14(2,3)11(18)12(19)16-6-5-15-7-9(16)13(20)21;1-3-4-2/h4,9,15H,1,5-8H2,2-3H3,(H,20,21);3-4H2,1-2H3. The number of nitrogens with zero attached hydrogens (tertiary/aromatic N) is 1. The summed E-state index contributed by atoms with van der Waals surface area (Å²) in [5.41, 5.74) is -1.25. The summed E-state index contributed by atoms with van der Waals surface area (Å²) in [6, 6.07) is -1.09. The third-order valence-corrected chi connectivity index (χ3v) is 3.84. The van der Waals surface area contributed by atoms with Crippen molar-refractivity contribution in [2.45, 2.75) is 46.6 Å². The number of ether oxygens (including phenoxy) is 1. The van der Waals surface area contributed by atoms with Crippen LogP contribution in [-0.4, -0.2) is 65.9 Å². The van der Waals surface area contributed by atoms with Crippen LogP contribution in [0.5, 0.6) is 0 Å². The van der Waals surface area contributed by atoms with Gasteiger partial charge in [-0.1, -0.05) is 33.3 Å². The van der Waals surface area contributed by atoms with Crippen LogP contribution in [0.3, 0.4) is 0 Å². The van der Waals surface area contributed by atoms with Crippen LogP contribution in [0.2, 0.25) is 0 Å². The van der Waals surface area contributed by atoms with Gasteiger partial charge in [-0.15, -0.1) is 0 Å². The fraction of sp³-hybridized carbons (Fsp3) is 0.667. The molecule has 0 aliphatic carbocycles. The average Bonchev–Trinajstić information content (AvgIpc) is 2.64. The van der Waals surface area contributed by atoms with E-state index in [-0.39, 0.29) is 19.7 Å². The molecule has 1 fully saturated rings. The lowest BCUT2D eigenvalue weighted by molar-refractivity contribution is -0.159. The first-order valence-electron chi connectivity index (χ1n) is 8.70. The topological polar surface area (TPSA) is 113 Å². The summed E-state index contributed by atoms with van der Waals surface area (Å²) in [4.78, 5) is 47.9. The van der Waals surface area contributed by atoms with Crippen molar-refractivity contribution in [3.05, 3.63) is 12.7 Å². The summed E-state index contributed by atoms with van der Waals surface area (Å²) in [5, 5.41) is 12.0. The summed E-state index contributed by atoms with van der Waals surface area (Å²) in [6.45, 7) is 10.9. The highest BCUT2D eigenvalue weighted by molar-refractivity contribution is 6.38. The Labute approximate surface area is 154 Å². The van der Waals surface area contributed by atoms with Crippen LogP contribution in [0.4, 0.5) is 0 Å². The predicted octanol–water partition coefficient (Wildman–Crippen LogP) is 1.00. The number of carboxylic acids is 1. The fourth-order valence-electron chi connectivity index (χ4n) is 1.96. The van der Waals surface area contributed by atoms with Crippen molar-refractivity contribution in [3.63, 3.8) is 0 Å². The first-order valence-corrected chi connectivity index (χ1v) is 8.70. The molecule has 0 saturated carbocycles. The van der Waals surface area contributed by atoms with Crippen molar-refractivity contribution in [1.29, 1.82) is 0 Å². The van der Waals surface area contributed by atoms with E-state index < -0.39 is 35.1 Å². The molecule has 26 heavy (non-hydrogen) atoms. The SMILES string of the molecule is C=CC(=O)OCC(C)(C)C(=O)C(=O)N1CCNCC1C(=O)O.CCCC. The number of amides is 1. The molecule has 0 aromatic heterocycles. The second-order valence-electron chi connectivity index (χ2n) is 6.58. The van der Waals surface area contributed by atoms with Gasteiger partial charge in [-0.3, -0.25) is 9.59 Å². The maximum Gasteiger partial charge on any atom is 0.330 e. The first-order chi connectivity index (χ1) is 12.1. The van der Waals surface area contributed by atoms with E-state index in [0.29, 0.717) is 6.54 Å². The van der Waals surface area contributed by atoms with E-state index in [1.165, 1.54) is 26.7 Å². The minimum atomic E-state index is -1.25. The monoisotopic (exact) mass is 370 g/mol. The Morgan fingerprint density at radius 1 is 1.27 bits per heavy atom. The van der Waals surface area contributed by atoms with E-state index in [4.69, 9.17) is 9.84 Å². The molecular formula is C18H30N2O6. The second-order valence-corrected chi connectivity index (χ2v) is 6.58. The van der Waals surface area contributed by atoms with E-state index in [9.17, 15) is 19.2 Å². The summed E-state index contributed by atoms with van der Waals surface area (Å²) in [7, 11) is 0. The van der Waals surface area contributed by atoms with Crippen LogP contribution in [0.1, 0.15) is 40.5 Å². The molecule has 0 bridgehead atoms. The molecule has 0 radical (unpaired) electrons. The van der Waals surface area contributed by atoms with E-state index in [1.807, 2.05) is 0 Å². The quantitative estimate of drug-likeness (QED) is 0.390. The number of ketones is 1. The highest BCUT2D eigenvalue weighted by Gasteiger charge is 2.41. The van der Waals surface area contributed by atoms with E-state index >= 15 is 0 Å². The molecule has 1 amide bonds. The predicted molar refractivity (Wildman–Crippen MR) is 96.5 cm³/mol. The Bertz CT molecular complexity index is 528. The number of nitrogens with one attached hydrogen (secondary N) is 1. The lowest BCUT2D eigenvalue weighted by Crippen LogP contribution is -2.59. The van der Waals surface area contributed by atoms with E-state index in [2.05, 4.69) is 25.7 Å². The van der Waals surface area contributed by atoms with Crippen molar-refractivity contribution in [3.8, 4) is 0 Å². The molecule has 1 aliphatic heterocycles. The molecule has 148 valence electrons. The molecule has 2 N–H and O–H groups in total. The van der Waals surface area contributed by atoms with Crippen LogP contribution >= 0.6 is 0 Å². The molecule has 8 heteroatoms. The van der Waals surface area contributed by atoms with Crippen LogP contribution in [0.15, 0.2) is 12.7 Å². The zero-order valence-electron chi connectivity index (χ0n) is 16.0. The second kappa shape index (κ2) is 11.4. The van der Waals surface area contributed by atoms with E-state index in [1.54, 1.807) is 0 Å². The van der Waals surface area contributed by atoms with Gasteiger partial charge in [0.25, 0.3) is 5.91 Å². The van der Waals surface area contributed by atoms with Gasteiger partial charge in [0.1, 0.15) is 12.6 Å². The zero-order valence-corrected chi connectivity index (χ0v) is 16.0. The molecule has 1 unspecified atom stereocenters. The lowest BCUT2D eigenvalue weighted by Gasteiger charge is -2.34. The molecule has 8 nitrogen and oxygen atoms in total. The highest BCUT2D eigenvalue weighted by Crippen LogP contribution is 2.20. The summed E-state index contributed by atoms with van der Waals surface area (Å²) < 4.78 is 4.81. The molecule has 0 spiro atoms. The Morgan fingerprint density at radius 2 is 1.85 bits per heavy atom. The third-order valence-electron chi connectivity index (χ3n) is 3.84. The summed E-state index contributed by atoms with van der Waals surface area (Å²) in [5.74, 6) is -3.55. The van der Waals surface area contributed by atoms with Gasteiger partial charge in [0.05, 0.1) is 5.41 Å². The largest absolute Gasteiger partial charge is 0.480 e. The number of aliphatic carboxylic acids is 1. The minimum absolute atomic E-state index is 0.0836. The smallest absolute Gasteiger partial charge is 0.330 e. The van der Waals surface area contributed by atoms with Gasteiger partial charge >= 0.3 is 11.9 Å². The van der Waals surface area contributed by atoms with Crippen LogP contribution in [0, 0.1) is 5.41 Å². The number of rotatable bonds is 7. The molecule has 1 heterocycles. The number of Topliss-reactive ketones (excluding diaryl/α,β-unsaturated/α-hetero) is 1.